The maximum atomic E-state index is 12.4. The van der Waals surface area contributed by atoms with Gasteiger partial charge in [0, 0.05) is 27.5 Å². The lowest BCUT2D eigenvalue weighted by Crippen LogP contribution is -2.20. The van der Waals surface area contributed by atoms with Crippen molar-refractivity contribution in [2.45, 2.75) is 6.92 Å². The van der Waals surface area contributed by atoms with Crippen molar-refractivity contribution in [2.24, 2.45) is 4.99 Å². The van der Waals surface area contributed by atoms with Crippen LogP contribution in [0.3, 0.4) is 0 Å². The fraction of sp³-hybridized carbons (Fsp3) is 0.0714. The van der Waals surface area contributed by atoms with Gasteiger partial charge in [-0.2, -0.15) is 0 Å². The number of ether oxygens (including phenoxy) is 2. The van der Waals surface area contributed by atoms with E-state index in [4.69, 9.17) is 32.7 Å². The lowest BCUT2D eigenvalue weighted by atomic mass is 10.2. The zero-order valence-corrected chi connectivity index (χ0v) is 20.4. The first-order valence-electron chi connectivity index (χ1n) is 10.8. The number of carbonyl (C=O) groups is 1. The number of aryl methyl sites for hydroxylation is 1. The molecule has 0 radical (unpaired) electrons. The molecule has 0 aliphatic carbocycles. The van der Waals surface area contributed by atoms with Gasteiger partial charge in [-0.05, 0) is 79.2 Å². The number of anilines is 1. The Bertz CT molecular complexity index is 1340. The molecule has 4 aromatic carbocycles. The number of nitrogens with zero attached hydrogens (tertiary/aromatic N) is 1. The van der Waals surface area contributed by atoms with Gasteiger partial charge in [0.1, 0.15) is 17.2 Å². The van der Waals surface area contributed by atoms with Gasteiger partial charge in [-0.1, -0.05) is 47.5 Å². The third kappa shape index (κ3) is 7.09. The van der Waals surface area contributed by atoms with Gasteiger partial charge in [-0.3, -0.25) is 9.79 Å². The fourth-order valence-electron chi connectivity index (χ4n) is 3.13. The van der Waals surface area contributed by atoms with Gasteiger partial charge in [-0.25, -0.2) is 0 Å². The summed E-state index contributed by atoms with van der Waals surface area (Å²) in [4.78, 5) is 16.9. The van der Waals surface area contributed by atoms with Crippen LogP contribution >= 0.6 is 23.2 Å². The first-order chi connectivity index (χ1) is 17.0. The van der Waals surface area contributed by atoms with Crippen LogP contribution in [-0.4, -0.2) is 18.7 Å². The second kappa shape index (κ2) is 11.6. The second-order valence-electron chi connectivity index (χ2n) is 7.65. The Hall–Kier alpha value is -3.80. The third-order valence-electron chi connectivity index (χ3n) is 4.95. The van der Waals surface area contributed by atoms with Crippen LogP contribution in [0.2, 0.25) is 10.0 Å². The van der Waals surface area contributed by atoms with Crippen molar-refractivity contribution in [3.63, 3.8) is 0 Å². The van der Waals surface area contributed by atoms with Gasteiger partial charge in [0.25, 0.3) is 5.91 Å². The zero-order chi connectivity index (χ0) is 24.6. The van der Waals surface area contributed by atoms with E-state index in [0.29, 0.717) is 32.8 Å². The van der Waals surface area contributed by atoms with Gasteiger partial charge < -0.3 is 14.8 Å². The van der Waals surface area contributed by atoms with E-state index in [1.54, 1.807) is 36.5 Å². The molecule has 4 aromatic rings. The molecule has 0 aliphatic rings. The van der Waals surface area contributed by atoms with Crippen molar-refractivity contribution in [2.75, 3.05) is 11.9 Å². The Labute approximate surface area is 214 Å². The molecular weight excluding hydrogens is 483 g/mol. The van der Waals surface area contributed by atoms with Crippen molar-refractivity contribution in [3.05, 3.63) is 112 Å². The normalized spacial score (nSPS) is 10.8. The predicted octanol–water partition coefficient (Wildman–Crippen LogP) is 7.86. The van der Waals surface area contributed by atoms with E-state index in [1.165, 1.54) is 0 Å². The highest BCUT2D eigenvalue weighted by atomic mass is 35.5. The number of benzene rings is 4. The molecular formula is C28H22Cl2N2O3. The van der Waals surface area contributed by atoms with Gasteiger partial charge in [0.2, 0.25) is 0 Å². The summed E-state index contributed by atoms with van der Waals surface area (Å²) in [5.41, 5.74) is 2.91. The number of carbonyl (C=O) groups excluding carboxylic acids is 1. The van der Waals surface area contributed by atoms with Gasteiger partial charge in [0.15, 0.2) is 6.61 Å². The number of amides is 1. The maximum Gasteiger partial charge on any atom is 0.262 e. The summed E-state index contributed by atoms with van der Waals surface area (Å²) in [6.45, 7) is 1.72. The summed E-state index contributed by atoms with van der Waals surface area (Å²) < 4.78 is 11.5. The average molecular weight is 505 g/mol. The highest BCUT2D eigenvalue weighted by molar-refractivity contribution is 6.31. The minimum Gasteiger partial charge on any atom is -0.483 e. The van der Waals surface area contributed by atoms with Crippen LogP contribution in [0.15, 0.2) is 96.0 Å². The van der Waals surface area contributed by atoms with Crippen LogP contribution in [0.1, 0.15) is 11.1 Å². The molecule has 176 valence electrons. The molecule has 5 nitrogen and oxygen atoms in total. The number of hydrogen-bond acceptors (Lipinski definition) is 4. The van der Waals surface area contributed by atoms with E-state index in [9.17, 15) is 4.79 Å². The van der Waals surface area contributed by atoms with E-state index in [2.05, 4.69) is 10.3 Å². The summed E-state index contributed by atoms with van der Waals surface area (Å²) in [5.74, 6) is 1.65. The zero-order valence-electron chi connectivity index (χ0n) is 18.9. The Kier molecular flexibility index (Phi) is 8.03. The van der Waals surface area contributed by atoms with Crippen LogP contribution in [0.25, 0.3) is 0 Å². The fourth-order valence-corrected chi connectivity index (χ4v) is 3.49. The molecule has 0 fully saturated rings. The Morgan fingerprint density at radius 3 is 2.40 bits per heavy atom. The summed E-state index contributed by atoms with van der Waals surface area (Å²) in [5, 5.41) is 3.89. The molecule has 1 amide bonds. The van der Waals surface area contributed by atoms with E-state index in [1.807, 2.05) is 67.6 Å². The minimum absolute atomic E-state index is 0.181. The molecule has 0 aliphatic heterocycles. The largest absolute Gasteiger partial charge is 0.483 e. The third-order valence-corrected chi connectivity index (χ3v) is 5.60. The van der Waals surface area contributed by atoms with E-state index >= 15 is 0 Å². The van der Waals surface area contributed by atoms with E-state index < -0.39 is 0 Å². The van der Waals surface area contributed by atoms with Crippen LogP contribution in [0.4, 0.5) is 11.4 Å². The first kappa shape index (κ1) is 24.3. The Morgan fingerprint density at radius 2 is 1.66 bits per heavy atom. The molecule has 0 heterocycles. The topological polar surface area (TPSA) is 59.9 Å². The number of hydrogen-bond donors (Lipinski definition) is 1. The average Bonchev–Trinajstić information content (AvgIpc) is 2.86. The number of para-hydroxylation sites is 1. The summed E-state index contributed by atoms with van der Waals surface area (Å²) in [6.07, 6.45) is 1.64. The summed E-state index contributed by atoms with van der Waals surface area (Å²) in [6, 6.07) is 27.4. The van der Waals surface area contributed by atoms with Crippen LogP contribution < -0.4 is 14.8 Å². The van der Waals surface area contributed by atoms with Crippen LogP contribution in [0.5, 0.6) is 17.2 Å². The summed E-state index contributed by atoms with van der Waals surface area (Å²) in [7, 11) is 0. The molecule has 0 saturated carbocycles. The highest BCUT2D eigenvalue weighted by Gasteiger charge is 2.08. The van der Waals surface area contributed by atoms with Crippen molar-refractivity contribution in [1.82, 2.24) is 0 Å². The molecule has 4 rings (SSSR count). The SMILES string of the molecule is Cc1ccc(NC(=O)COc2ccc(Cl)cc2C=Nc2ccc(Oc3ccccc3)cc2)cc1Cl. The second-order valence-corrected chi connectivity index (χ2v) is 8.49. The van der Waals surface area contributed by atoms with Gasteiger partial charge in [0.05, 0.1) is 5.69 Å². The number of rotatable bonds is 8. The number of nitrogens with one attached hydrogen (secondary N) is 1. The lowest BCUT2D eigenvalue weighted by Gasteiger charge is -2.11. The number of halogens is 2. The maximum absolute atomic E-state index is 12.4. The Morgan fingerprint density at radius 1 is 0.914 bits per heavy atom. The summed E-state index contributed by atoms with van der Waals surface area (Å²) >= 11 is 12.3. The molecule has 35 heavy (non-hydrogen) atoms. The Balaban J connectivity index is 1.39. The molecule has 0 saturated heterocycles. The van der Waals surface area contributed by atoms with Gasteiger partial charge >= 0.3 is 0 Å². The van der Waals surface area contributed by atoms with Crippen molar-refractivity contribution < 1.29 is 14.3 Å². The molecule has 1 N–H and O–H groups in total. The minimum atomic E-state index is -0.309. The van der Waals surface area contributed by atoms with Crippen LogP contribution in [0, 0.1) is 6.92 Å². The highest BCUT2D eigenvalue weighted by Crippen LogP contribution is 2.26. The van der Waals surface area contributed by atoms with Crippen molar-refractivity contribution in [1.29, 1.82) is 0 Å². The van der Waals surface area contributed by atoms with Gasteiger partial charge in [-0.15, -0.1) is 0 Å². The smallest absolute Gasteiger partial charge is 0.262 e. The van der Waals surface area contributed by atoms with Crippen LogP contribution in [-0.2, 0) is 4.79 Å². The quantitative estimate of drug-likeness (QED) is 0.248. The first-order valence-corrected chi connectivity index (χ1v) is 11.6. The molecule has 0 spiro atoms. The standard InChI is InChI=1S/C28H22Cl2N2O3/c1-19-7-9-23(16-26(19)30)32-28(33)18-34-27-14-8-21(29)15-20(27)17-31-22-10-12-25(13-11-22)35-24-5-3-2-4-6-24/h2-17H,18H2,1H3,(H,32,33). The molecule has 0 atom stereocenters. The van der Waals surface area contributed by atoms with Crippen molar-refractivity contribution in [3.8, 4) is 17.2 Å². The van der Waals surface area contributed by atoms with E-state index in [-0.39, 0.29) is 12.5 Å². The lowest BCUT2D eigenvalue weighted by molar-refractivity contribution is -0.118. The number of aliphatic imine (C=N–C) groups is 1. The van der Waals surface area contributed by atoms with E-state index in [0.717, 1.165) is 17.0 Å². The predicted molar refractivity (Wildman–Crippen MR) is 142 cm³/mol. The molecule has 0 unspecified atom stereocenters. The molecule has 0 bridgehead atoms. The molecule has 0 aromatic heterocycles. The monoisotopic (exact) mass is 504 g/mol. The van der Waals surface area contributed by atoms with Crippen molar-refractivity contribution >= 4 is 46.7 Å². The molecule has 7 heteroatoms.